The lowest BCUT2D eigenvalue weighted by Gasteiger charge is -2.37. The zero-order valence-electron chi connectivity index (χ0n) is 42.5. The summed E-state index contributed by atoms with van der Waals surface area (Å²) in [7, 11) is 0. The SMILES string of the molecule is CC(C)C[C@H](NC(=O)[C@H](Cc1cn(C(c2ccccc2)(c2ccccc2)c2ccccc2)cn1)NC(=O)[C@H](CC(C)C)NC(=O)[C@H](CCCCNC(=O)OC(C)(C)C)NC(=O)[C@@H](N)CC(C)C)C(N)=O. The summed E-state index contributed by atoms with van der Waals surface area (Å²) in [5.74, 6) is -3.14. The maximum Gasteiger partial charge on any atom is 0.407 e. The first-order chi connectivity index (χ1) is 33.1. The molecule has 0 saturated heterocycles. The molecule has 380 valence electrons. The van der Waals surface area contributed by atoms with Gasteiger partial charge in [-0.25, -0.2) is 9.78 Å². The second-order valence-electron chi connectivity index (χ2n) is 20.4. The Labute approximate surface area is 414 Å². The van der Waals surface area contributed by atoms with E-state index in [1.165, 1.54) is 0 Å². The van der Waals surface area contributed by atoms with E-state index in [1.807, 2.05) is 107 Å². The van der Waals surface area contributed by atoms with Crippen molar-refractivity contribution < 1.29 is 33.5 Å². The maximum absolute atomic E-state index is 14.6. The van der Waals surface area contributed by atoms with Crippen molar-refractivity contribution in [3.8, 4) is 0 Å². The van der Waals surface area contributed by atoms with Crippen LogP contribution in [0.3, 0.4) is 0 Å². The summed E-state index contributed by atoms with van der Waals surface area (Å²) >= 11 is 0. The van der Waals surface area contributed by atoms with Crippen molar-refractivity contribution >= 4 is 35.6 Å². The Bertz CT molecular complexity index is 2200. The molecule has 1 heterocycles. The van der Waals surface area contributed by atoms with E-state index in [0.717, 1.165) is 16.7 Å². The summed E-state index contributed by atoms with van der Waals surface area (Å²) in [5, 5.41) is 14.1. The molecule has 3 aromatic carbocycles. The Balaban J connectivity index is 1.69. The summed E-state index contributed by atoms with van der Waals surface area (Å²) in [6.45, 7) is 17.0. The van der Waals surface area contributed by atoms with E-state index < -0.39 is 77.0 Å². The van der Waals surface area contributed by atoms with Crippen LogP contribution in [0.2, 0.25) is 0 Å². The number of rotatable bonds is 26. The molecule has 9 N–H and O–H groups in total. The fourth-order valence-corrected chi connectivity index (χ4v) is 8.43. The van der Waals surface area contributed by atoms with Gasteiger partial charge in [-0.15, -0.1) is 0 Å². The molecule has 5 atom stereocenters. The number of nitrogens with zero attached hydrogens (tertiary/aromatic N) is 2. The van der Waals surface area contributed by atoms with Gasteiger partial charge in [-0.1, -0.05) is 133 Å². The number of aromatic nitrogens is 2. The third-order valence-corrected chi connectivity index (χ3v) is 11.6. The number of hydrogen-bond acceptors (Lipinski definition) is 9. The van der Waals surface area contributed by atoms with Crippen molar-refractivity contribution in [2.45, 2.75) is 149 Å². The minimum absolute atomic E-state index is 0.00357. The van der Waals surface area contributed by atoms with Gasteiger partial charge in [0.1, 0.15) is 35.3 Å². The van der Waals surface area contributed by atoms with Gasteiger partial charge < -0.3 is 47.4 Å². The molecule has 0 fully saturated rings. The molecular weight excluding hydrogens is 887 g/mol. The van der Waals surface area contributed by atoms with Gasteiger partial charge in [0, 0.05) is 19.2 Å². The van der Waals surface area contributed by atoms with Crippen LogP contribution in [0.25, 0.3) is 0 Å². The highest BCUT2D eigenvalue weighted by Gasteiger charge is 2.39. The number of amides is 6. The number of benzene rings is 3. The number of alkyl carbamates (subject to hydrolysis) is 1. The Hall–Kier alpha value is -6.55. The minimum Gasteiger partial charge on any atom is -0.444 e. The second-order valence-corrected chi connectivity index (χ2v) is 20.4. The number of carbonyl (C=O) groups is 6. The lowest BCUT2D eigenvalue weighted by molar-refractivity contribution is -0.135. The van der Waals surface area contributed by atoms with Gasteiger partial charge in [-0.2, -0.15) is 0 Å². The summed E-state index contributed by atoms with van der Waals surface area (Å²) in [5.41, 5.74) is 13.8. The zero-order valence-corrected chi connectivity index (χ0v) is 42.5. The number of ether oxygens (including phenoxy) is 1. The lowest BCUT2D eigenvalue weighted by Crippen LogP contribution is -2.59. The van der Waals surface area contributed by atoms with Crippen molar-refractivity contribution in [1.82, 2.24) is 36.1 Å². The van der Waals surface area contributed by atoms with Gasteiger partial charge in [0.25, 0.3) is 0 Å². The third-order valence-electron chi connectivity index (χ3n) is 11.6. The summed E-state index contributed by atoms with van der Waals surface area (Å²) in [6, 6.07) is 24.7. The molecule has 0 radical (unpaired) electrons. The van der Waals surface area contributed by atoms with Crippen LogP contribution >= 0.6 is 0 Å². The molecule has 70 heavy (non-hydrogen) atoms. The van der Waals surface area contributed by atoms with Crippen molar-refractivity contribution in [1.29, 1.82) is 0 Å². The predicted molar refractivity (Wildman–Crippen MR) is 272 cm³/mol. The fourth-order valence-electron chi connectivity index (χ4n) is 8.43. The van der Waals surface area contributed by atoms with Crippen LogP contribution < -0.4 is 38.1 Å². The van der Waals surface area contributed by atoms with Crippen LogP contribution in [0, 0.1) is 17.8 Å². The van der Waals surface area contributed by atoms with E-state index in [4.69, 9.17) is 21.2 Å². The minimum atomic E-state index is -1.28. The average molecular weight is 964 g/mol. The molecule has 0 aliphatic heterocycles. The molecule has 0 bridgehead atoms. The smallest absolute Gasteiger partial charge is 0.407 e. The molecule has 0 spiro atoms. The van der Waals surface area contributed by atoms with Crippen LogP contribution in [0.1, 0.15) is 123 Å². The van der Waals surface area contributed by atoms with E-state index in [2.05, 4.69) is 63.0 Å². The molecule has 4 aromatic rings. The summed E-state index contributed by atoms with van der Waals surface area (Å²) in [4.78, 5) is 86.3. The fraction of sp³-hybridized carbons (Fsp3) is 0.500. The van der Waals surface area contributed by atoms with Gasteiger partial charge >= 0.3 is 6.09 Å². The molecule has 0 unspecified atom stereocenters. The van der Waals surface area contributed by atoms with Crippen LogP contribution in [-0.4, -0.2) is 87.5 Å². The van der Waals surface area contributed by atoms with Gasteiger partial charge in [0.2, 0.25) is 29.5 Å². The van der Waals surface area contributed by atoms with Crippen LogP contribution in [0.4, 0.5) is 4.79 Å². The maximum atomic E-state index is 14.6. The topological polar surface area (TPSA) is 242 Å². The summed E-state index contributed by atoms with van der Waals surface area (Å²) in [6.07, 6.45) is 4.78. The van der Waals surface area contributed by atoms with Crippen molar-refractivity contribution in [3.63, 3.8) is 0 Å². The summed E-state index contributed by atoms with van der Waals surface area (Å²) < 4.78 is 7.32. The van der Waals surface area contributed by atoms with Crippen molar-refractivity contribution in [2.24, 2.45) is 29.2 Å². The Morgan fingerprint density at radius 1 is 0.600 bits per heavy atom. The Morgan fingerprint density at radius 3 is 1.53 bits per heavy atom. The number of carbonyl (C=O) groups excluding carboxylic acids is 6. The van der Waals surface area contributed by atoms with E-state index in [9.17, 15) is 28.8 Å². The van der Waals surface area contributed by atoms with Gasteiger partial charge in [-0.05, 0) is 93.7 Å². The number of nitrogens with one attached hydrogen (secondary N) is 5. The van der Waals surface area contributed by atoms with E-state index >= 15 is 0 Å². The van der Waals surface area contributed by atoms with E-state index in [1.54, 1.807) is 27.1 Å². The predicted octanol–water partition coefficient (Wildman–Crippen LogP) is 5.85. The number of primary amides is 1. The lowest BCUT2D eigenvalue weighted by atomic mass is 9.77. The molecular formula is C54H77N9O7. The molecule has 0 saturated carbocycles. The standard InChI is InChI=1S/C54H77N9O7/c1-35(2)29-42(55)48(65)59-43(27-19-20-28-57-52(69)70-53(7,8)9)49(66)61-45(31-37(5)6)50(67)62-46(51(68)60-44(47(56)64)30-36(3)4)32-41-33-63(34-58-41)54(38-21-13-10-14-22-38,39-23-15-11-16-24-39)40-25-17-12-18-26-40/h10-18,21-26,33-37,42-46H,19-20,27-32,55H2,1-9H3,(H2,56,64)(H,57,69)(H,59,65)(H,60,68)(H,61,66)(H,62,67)/t42-,43-,44-,45-,46-/m0/s1. The van der Waals surface area contributed by atoms with Crippen LogP contribution in [-0.2, 0) is 40.7 Å². The average Bonchev–Trinajstić information content (AvgIpc) is 3.76. The highest BCUT2D eigenvalue weighted by atomic mass is 16.6. The first-order valence-electron chi connectivity index (χ1n) is 24.5. The quantitative estimate of drug-likeness (QED) is 0.0295. The van der Waals surface area contributed by atoms with E-state index in [0.29, 0.717) is 25.0 Å². The molecule has 4 rings (SSSR count). The number of unbranched alkanes of at least 4 members (excludes halogenated alkanes) is 1. The normalized spacial score (nSPS) is 14.0. The molecule has 1 aromatic heterocycles. The molecule has 6 amide bonds. The van der Waals surface area contributed by atoms with Gasteiger partial charge in [0.05, 0.1) is 18.1 Å². The van der Waals surface area contributed by atoms with Gasteiger partial charge in [0.15, 0.2) is 0 Å². The largest absolute Gasteiger partial charge is 0.444 e. The Morgan fingerprint density at radius 2 is 1.04 bits per heavy atom. The first-order valence-corrected chi connectivity index (χ1v) is 24.5. The zero-order chi connectivity index (χ0) is 51.6. The second kappa shape index (κ2) is 26.4. The van der Waals surface area contributed by atoms with Gasteiger partial charge in [-0.3, -0.25) is 24.0 Å². The van der Waals surface area contributed by atoms with Crippen molar-refractivity contribution in [3.05, 3.63) is 126 Å². The molecule has 0 aliphatic rings. The molecule has 16 heteroatoms. The third kappa shape index (κ3) is 16.8. The van der Waals surface area contributed by atoms with E-state index in [-0.39, 0.29) is 50.0 Å². The number of imidazole rings is 1. The highest BCUT2D eigenvalue weighted by Crippen LogP contribution is 2.41. The molecule has 0 aliphatic carbocycles. The van der Waals surface area contributed by atoms with Crippen molar-refractivity contribution in [2.75, 3.05) is 6.54 Å². The van der Waals surface area contributed by atoms with Crippen LogP contribution in [0.15, 0.2) is 104 Å². The number of nitrogens with two attached hydrogens (primary N) is 2. The first kappa shape index (κ1) is 56.0. The monoisotopic (exact) mass is 964 g/mol. The molecule has 16 nitrogen and oxygen atoms in total. The highest BCUT2D eigenvalue weighted by molar-refractivity contribution is 5.95. The van der Waals surface area contributed by atoms with Crippen LogP contribution in [0.5, 0.6) is 0 Å². The number of hydrogen-bond donors (Lipinski definition) is 7. The Kier molecular flexibility index (Phi) is 21.2.